The molecule has 0 spiro atoms. The third kappa shape index (κ3) is 9.22. The maximum atomic E-state index is 11.6. The van der Waals surface area contributed by atoms with E-state index in [-0.39, 0.29) is 64.7 Å². The molecule has 0 amide bonds. The number of isothiocyanates is 1. The summed E-state index contributed by atoms with van der Waals surface area (Å²) in [4.78, 5) is 4.10. The van der Waals surface area contributed by atoms with Crippen LogP contribution in [0.3, 0.4) is 0 Å². The topological polar surface area (TPSA) is 135 Å². The third-order valence-electron chi connectivity index (χ3n) is 3.18. The van der Waals surface area contributed by atoms with Crippen LogP contribution in [0.25, 0.3) is 12.2 Å². The van der Waals surface area contributed by atoms with E-state index < -0.39 is 15.0 Å². The van der Waals surface area contributed by atoms with Crippen LogP contribution in [0.2, 0.25) is 0 Å². The largest absolute Gasteiger partial charge is 1.00 e. The van der Waals surface area contributed by atoms with Gasteiger partial charge in [0.15, 0.2) is 0 Å². The van der Waals surface area contributed by atoms with Crippen molar-refractivity contribution in [1.82, 2.24) is 0 Å². The molecule has 2 aromatic carbocycles. The number of rotatable bonds is 8. The van der Waals surface area contributed by atoms with Gasteiger partial charge in [-0.05, 0) is 59.4 Å². The van der Waals surface area contributed by atoms with Gasteiger partial charge in [-0.2, -0.15) is 14.6 Å². The predicted molar refractivity (Wildman–Crippen MR) is 104 cm³/mol. The fourth-order valence-electron chi connectivity index (χ4n) is 2.07. The van der Waals surface area contributed by atoms with Crippen LogP contribution in [0.5, 0.6) is 0 Å². The van der Waals surface area contributed by atoms with Crippen LogP contribution in [-0.4, -0.2) is 18.1 Å². The summed E-state index contributed by atoms with van der Waals surface area (Å²) < 4.78 is 39.0. The minimum absolute atomic E-state index is 0. The molecule has 14 heteroatoms. The molecular formula is C16H8N2Na2O6S4. The molecule has 0 unspecified atom stereocenters. The van der Waals surface area contributed by atoms with Crippen molar-refractivity contribution >= 4 is 69.1 Å². The fourth-order valence-corrected chi connectivity index (χ4v) is 3.87. The molecule has 0 radical (unpaired) electrons. The molecule has 30 heavy (non-hydrogen) atoms. The van der Waals surface area contributed by atoms with Crippen molar-refractivity contribution in [3.63, 3.8) is 0 Å². The molecule has 0 N–H and O–H groups in total. The smallest absolute Gasteiger partial charge is 0.744 e. The number of benzene rings is 2. The second-order valence-electron chi connectivity index (χ2n) is 4.83. The van der Waals surface area contributed by atoms with Crippen LogP contribution in [-0.2, 0) is 19.5 Å². The Labute approximate surface area is 231 Å². The molecule has 2 aromatic rings. The molecule has 144 valence electrons. The molecule has 0 fully saturated rings. The van der Waals surface area contributed by atoms with E-state index in [0.717, 1.165) is 17.8 Å². The molecule has 0 aliphatic rings. The zero-order chi connectivity index (χ0) is 20.6. The van der Waals surface area contributed by atoms with E-state index in [1.807, 2.05) is 5.40 Å². The minimum Gasteiger partial charge on any atom is -0.744 e. The number of thioether (sulfide) groups is 1. The first kappa shape index (κ1) is 30.0. The molecule has 8 nitrogen and oxygen atoms in total. The Bertz CT molecular complexity index is 1100. The minimum atomic E-state index is -4.77. The summed E-state index contributed by atoms with van der Waals surface area (Å²) in [5, 5.41) is 26.2. The number of thiocarbonyl (C=S) groups is 1. The Hall–Kier alpha value is -0.0400. The first-order chi connectivity index (χ1) is 13.4. The second-order valence-corrected chi connectivity index (χ2v) is 7.96. The van der Waals surface area contributed by atoms with Gasteiger partial charge >= 0.3 is 59.1 Å². The van der Waals surface area contributed by atoms with Crippen molar-refractivity contribution in [2.45, 2.75) is 14.7 Å². The standard InChI is InChI=1S/C16H10N2O6S4.2Na/c17-9-26-14-6-4-12(16(8-14)28(20,21)22)2-1-11-3-5-13(18-10-25)7-15(11)27-24-23-19;;/h1-8,19H,(H,20,21,22);;/q;2*+1/p-2/b2-1+;;. The van der Waals surface area contributed by atoms with Gasteiger partial charge in [0.2, 0.25) is 0 Å². The number of aliphatic imine (C=N–C) groups is 1. The van der Waals surface area contributed by atoms with Crippen molar-refractivity contribution < 1.29 is 86.7 Å². The first-order valence-electron chi connectivity index (χ1n) is 7.08. The number of hydrogen-bond acceptors (Lipinski definition) is 11. The molecule has 0 bridgehead atoms. The van der Waals surface area contributed by atoms with E-state index in [4.69, 9.17) is 5.26 Å². The molecule has 0 aromatic heterocycles. The van der Waals surface area contributed by atoms with Gasteiger partial charge in [0.25, 0.3) is 0 Å². The zero-order valence-electron chi connectivity index (χ0n) is 15.6. The molecule has 0 saturated heterocycles. The van der Waals surface area contributed by atoms with E-state index in [1.54, 1.807) is 18.2 Å². The predicted octanol–water partition coefficient (Wildman–Crippen LogP) is -2.69. The number of nitriles is 1. The second kappa shape index (κ2) is 14.9. The molecule has 0 aliphatic carbocycles. The molecule has 0 atom stereocenters. The summed E-state index contributed by atoms with van der Waals surface area (Å²) >= 11 is 5.89. The normalized spacial score (nSPS) is 10.4. The SMILES string of the molecule is N#CSc1ccc(/C=C/c2ccc(N=C=S)cc2SOO[O-])c(S(=O)(=O)[O-])c1.[Na+].[Na+]. The van der Waals surface area contributed by atoms with E-state index in [9.17, 15) is 18.2 Å². The van der Waals surface area contributed by atoms with Crippen molar-refractivity contribution in [3.05, 3.63) is 47.5 Å². The van der Waals surface area contributed by atoms with E-state index in [0.29, 0.717) is 33.1 Å². The Morgan fingerprint density at radius 3 is 2.40 bits per heavy atom. The van der Waals surface area contributed by atoms with Gasteiger partial charge in [-0.15, -0.1) is 0 Å². The molecular weight excluding hydrogens is 490 g/mol. The van der Waals surface area contributed by atoms with E-state index in [2.05, 4.69) is 31.7 Å². The van der Waals surface area contributed by atoms with Gasteiger partial charge in [0.1, 0.15) is 15.5 Å². The zero-order valence-corrected chi connectivity index (χ0v) is 22.9. The Morgan fingerprint density at radius 1 is 1.13 bits per heavy atom. The van der Waals surface area contributed by atoms with Gasteiger partial charge in [0, 0.05) is 9.79 Å². The Morgan fingerprint density at radius 2 is 1.80 bits per heavy atom. The van der Waals surface area contributed by atoms with Crippen molar-refractivity contribution in [1.29, 1.82) is 5.26 Å². The number of nitrogens with zero attached hydrogens (tertiary/aromatic N) is 2. The van der Waals surface area contributed by atoms with Gasteiger partial charge < -0.3 is 9.81 Å². The van der Waals surface area contributed by atoms with E-state index in [1.165, 1.54) is 24.3 Å². The average Bonchev–Trinajstić information content (AvgIpc) is 2.66. The third-order valence-corrected chi connectivity index (χ3v) is 5.40. The molecule has 2 rings (SSSR count). The number of thiocyanates is 1. The van der Waals surface area contributed by atoms with Crippen LogP contribution < -0.4 is 64.4 Å². The van der Waals surface area contributed by atoms with Crippen LogP contribution in [0, 0.1) is 10.7 Å². The summed E-state index contributed by atoms with van der Waals surface area (Å²) in [6.45, 7) is 0. The van der Waals surface area contributed by atoms with E-state index >= 15 is 0 Å². The average molecular weight is 498 g/mol. The maximum absolute atomic E-state index is 11.6. The van der Waals surface area contributed by atoms with Crippen LogP contribution in [0.15, 0.2) is 56.1 Å². The molecule has 0 heterocycles. The van der Waals surface area contributed by atoms with Crippen molar-refractivity contribution in [2.24, 2.45) is 4.99 Å². The van der Waals surface area contributed by atoms with Crippen molar-refractivity contribution in [3.8, 4) is 5.40 Å². The Kier molecular flexibility index (Phi) is 14.9. The summed E-state index contributed by atoms with van der Waals surface area (Å²) in [7, 11) is -4.77. The van der Waals surface area contributed by atoms with Gasteiger partial charge in [-0.25, -0.2) is 8.42 Å². The van der Waals surface area contributed by atoms with Gasteiger partial charge in [0.05, 0.1) is 27.8 Å². The fraction of sp³-hybridized carbons (Fsp3) is 0. The summed E-state index contributed by atoms with van der Waals surface area (Å²) in [6.07, 6.45) is 2.92. The summed E-state index contributed by atoms with van der Waals surface area (Å²) in [5.74, 6) is 0. The maximum Gasteiger partial charge on any atom is 1.00 e. The van der Waals surface area contributed by atoms with Crippen molar-refractivity contribution in [2.75, 3.05) is 0 Å². The van der Waals surface area contributed by atoms with Gasteiger partial charge in [-0.3, -0.25) is 5.04 Å². The van der Waals surface area contributed by atoms with Crippen LogP contribution >= 0.6 is 36.0 Å². The van der Waals surface area contributed by atoms with Crippen LogP contribution in [0.4, 0.5) is 5.69 Å². The molecule has 0 saturated carbocycles. The first-order valence-corrected chi connectivity index (χ1v) is 10.5. The Balaban J connectivity index is 0.00000420. The quantitative estimate of drug-likeness (QED) is 0.0362. The summed E-state index contributed by atoms with van der Waals surface area (Å²) in [6, 6.07) is 8.83. The van der Waals surface area contributed by atoms with Gasteiger partial charge in [-0.1, -0.05) is 24.3 Å². The summed E-state index contributed by atoms with van der Waals surface area (Å²) in [5.41, 5.74) is 1.11. The van der Waals surface area contributed by atoms with Crippen LogP contribution in [0.1, 0.15) is 11.1 Å². The molecule has 0 aliphatic heterocycles. The monoisotopic (exact) mass is 498 g/mol. The number of hydrogen-bond donors (Lipinski definition) is 0.